The molecular weight excluding hydrogens is 210 g/mol. The Balaban J connectivity index is 2.28. The van der Waals surface area contributed by atoms with Gasteiger partial charge in [0.05, 0.1) is 6.61 Å². The van der Waals surface area contributed by atoms with Crippen LogP contribution in [0.1, 0.15) is 25.7 Å². The molecule has 1 fully saturated rings. The van der Waals surface area contributed by atoms with Gasteiger partial charge in [0.2, 0.25) is 0 Å². The lowest BCUT2D eigenvalue weighted by atomic mass is 10.0. The Morgan fingerprint density at radius 3 is 2.67 bits per heavy atom. The fourth-order valence-corrected chi connectivity index (χ4v) is 3.63. The molecule has 90 valence electrons. The van der Waals surface area contributed by atoms with E-state index >= 15 is 0 Å². The van der Waals surface area contributed by atoms with Crippen LogP contribution in [0.25, 0.3) is 0 Å². The van der Waals surface area contributed by atoms with Crippen LogP contribution in [0.5, 0.6) is 0 Å². The van der Waals surface area contributed by atoms with E-state index < -0.39 is 10.8 Å². The molecule has 0 aromatic rings. The zero-order valence-electron chi connectivity index (χ0n) is 9.83. The number of methoxy groups -OCH3 is 1. The molecule has 0 saturated heterocycles. The van der Waals surface area contributed by atoms with E-state index in [-0.39, 0.29) is 0 Å². The Morgan fingerprint density at radius 2 is 2.13 bits per heavy atom. The first kappa shape index (κ1) is 13.1. The Kier molecular flexibility index (Phi) is 6.45. The molecule has 0 aliphatic heterocycles. The highest BCUT2D eigenvalue weighted by Gasteiger charge is 2.24. The molecule has 4 heteroatoms. The maximum atomic E-state index is 11.7. The lowest BCUT2D eigenvalue weighted by Crippen LogP contribution is -2.37. The maximum absolute atomic E-state index is 11.7. The van der Waals surface area contributed by atoms with Gasteiger partial charge in [0.15, 0.2) is 0 Å². The van der Waals surface area contributed by atoms with Gasteiger partial charge in [0.1, 0.15) is 0 Å². The highest BCUT2D eigenvalue weighted by Crippen LogP contribution is 2.27. The molecule has 1 aliphatic carbocycles. The van der Waals surface area contributed by atoms with E-state index in [2.05, 4.69) is 5.32 Å². The molecule has 1 rings (SSSR count). The second-order valence-electron chi connectivity index (χ2n) is 4.24. The minimum absolute atomic E-state index is 0.435. The summed E-state index contributed by atoms with van der Waals surface area (Å²) in [6.45, 7) is 0.605. The van der Waals surface area contributed by atoms with Crippen molar-refractivity contribution in [2.75, 3.05) is 32.3 Å². The van der Waals surface area contributed by atoms with E-state index in [0.717, 1.165) is 11.7 Å². The van der Waals surface area contributed by atoms with Gasteiger partial charge in [-0.05, 0) is 25.8 Å². The molecular formula is C11H23NO2S. The topological polar surface area (TPSA) is 38.3 Å². The van der Waals surface area contributed by atoms with E-state index in [1.807, 2.05) is 7.05 Å². The van der Waals surface area contributed by atoms with Crippen LogP contribution in [0.3, 0.4) is 0 Å². The van der Waals surface area contributed by atoms with Gasteiger partial charge in [0, 0.05) is 35.5 Å². The summed E-state index contributed by atoms with van der Waals surface area (Å²) in [5.74, 6) is 2.19. The third-order valence-electron chi connectivity index (χ3n) is 3.22. The van der Waals surface area contributed by atoms with Gasteiger partial charge < -0.3 is 10.1 Å². The van der Waals surface area contributed by atoms with Crippen molar-refractivity contribution in [1.82, 2.24) is 5.32 Å². The normalized spacial score (nSPS) is 21.7. The summed E-state index contributed by atoms with van der Waals surface area (Å²) >= 11 is 0. The van der Waals surface area contributed by atoms with E-state index in [9.17, 15) is 4.21 Å². The van der Waals surface area contributed by atoms with E-state index in [1.54, 1.807) is 7.11 Å². The standard InChI is InChI=1S/C11H23NO2S/c1-12-11(10-5-3-4-6-10)9-15(13)8-7-14-2/h10-12H,3-9H2,1-2H3. The lowest BCUT2D eigenvalue weighted by molar-refractivity contribution is 0.218. The number of nitrogens with one attached hydrogen (secondary N) is 1. The summed E-state index contributed by atoms with van der Waals surface area (Å²) in [4.78, 5) is 0. The third-order valence-corrected chi connectivity index (χ3v) is 4.57. The van der Waals surface area contributed by atoms with Crippen molar-refractivity contribution in [3.63, 3.8) is 0 Å². The number of hydrogen-bond acceptors (Lipinski definition) is 3. The van der Waals surface area contributed by atoms with Crippen LogP contribution >= 0.6 is 0 Å². The highest BCUT2D eigenvalue weighted by molar-refractivity contribution is 7.85. The van der Waals surface area contributed by atoms with Gasteiger partial charge in [-0.3, -0.25) is 4.21 Å². The summed E-state index contributed by atoms with van der Waals surface area (Å²) < 4.78 is 16.7. The predicted molar refractivity (Wildman–Crippen MR) is 64.6 cm³/mol. The van der Waals surface area contributed by atoms with Gasteiger partial charge in [-0.2, -0.15) is 0 Å². The van der Waals surface area contributed by atoms with Crippen molar-refractivity contribution in [3.8, 4) is 0 Å². The molecule has 2 atom stereocenters. The molecule has 1 aliphatic rings. The van der Waals surface area contributed by atoms with Crippen LogP contribution in [-0.4, -0.2) is 42.5 Å². The van der Waals surface area contributed by atoms with Crippen molar-refractivity contribution in [2.45, 2.75) is 31.7 Å². The molecule has 0 bridgehead atoms. The molecule has 0 spiro atoms. The van der Waals surface area contributed by atoms with Crippen molar-refractivity contribution in [1.29, 1.82) is 0 Å². The second kappa shape index (κ2) is 7.36. The van der Waals surface area contributed by atoms with Crippen molar-refractivity contribution in [3.05, 3.63) is 0 Å². The molecule has 1 N–H and O–H groups in total. The number of ether oxygens (including phenoxy) is 1. The van der Waals surface area contributed by atoms with Gasteiger partial charge >= 0.3 is 0 Å². The molecule has 2 unspecified atom stereocenters. The highest BCUT2D eigenvalue weighted by atomic mass is 32.2. The zero-order chi connectivity index (χ0) is 11.1. The summed E-state index contributed by atoms with van der Waals surface area (Å²) in [7, 11) is 2.91. The smallest absolute Gasteiger partial charge is 0.0577 e. The van der Waals surface area contributed by atoms with Crippen LogP contribution < -0.4 is 5.32 Å². The number of rotatable bonds is 7. The van der Waals surface area contributed by atoms with Crippen LogP contribution in [0.4, 0.5) is 0 Å². The lowest BCUT2D eigenvalue weighted by Gasteiger charge is -2.22. The molecule has 0 heterocycles. The number of hydrogen-bond donors (Lipinski definition) is 1. The largest absolute Gasteiger partial charge is 0.384 e. The zero-order valence-corrected chi connectivity index (χ0v) is 10.6. The molecule has 15 heavy (non-hydrogen) atoms. The van der Waals surface area contributed by atoms with Gasteiger partial charge in [-0.15, -0.1) is 0 Å². The van der Waals surface area contributed by atoms with E-state index in [4.69, 9.17) is 4.74 Å². The first-order valence-corrected chi connectivity index (χ1v) is 7.28. The van der Waals surface area contributed by atoms with E-state index in [1.165, 1.54) is 25.7 Å². The summed E-state index contributed by atoms with van der Waals surface area (Å²) in [5, 5.41) is 3.32. The minimum atomic E-state index is -0.733. The van der Waals surface area contributed by atoms with Crippen LogP contribution in [-0.2, 0) is 15.5 Å². The maximum Gasteiger partial charge on any atom is 0.0577 e. The predicted octanol–water partition coefficient (Wildman–Crippen LogP) is 1.16. The SMILES string of the molecule is CNC(CS(=O)CCOC)C1CCCC1. The van der Waals surface area contributed by atoms with Gasteiger partial charge in [-0.1, -0.05) is 12.8 Å². The van der Waals surface area contributed by atoms with Crippen molar-refractivity contribution < 1.29 is 8.95 Å². The summed E-state index contributed by atoms with van der Waals surface area (Å²) in [6, 6.07) is 0.435. The Hall–Kier alpha value is 0.0700. The van der Waals surface area contributed by atoms with Crippen LogP contribution in [0, 0.1) is 5.92 Å². The summed E-state index contributed by atoms with van der Waals surface area (Å²) in [6.07, 6.45) is 5.28. The van der Waals surface area contributed by atoms with Crippen molar-refractivity contribution in [2.24, 2.45) is 5.92 Å². The summed E-state index contributed by atoms with van der Waals surface area (Å²) in [5.41, 5.74) is 0. The molecule has 0 radical (unpaired) electrons. The Labute approximate surface area is 95.4 Å². The Bertz CT molecular complexity index is 193. The molecule has 3 nitrogen and oxygen atoms in total. The first-order valence-electron chi connectivity index (χ1n) is 5.79. The fraction of sp³-hybridized carbons (Fsp3) is 1.00. The minimum Gasteiger partial charge on any atom is -0.384 e. The average Bonchev–Trinajstić information content (AvgIpc) is 2.76. The van der Waals surface area contributed by atoms with Crippen LogP contribution in [0.15, 0.2) is 0 Å². The second-order valence-corrected chi connectivity index (χ2v) is 5.86. The van der Waals surface area contributed by atoms with Crippen molar-refractivity contribution >= 4 is 10.8 Å². The Morgan fingerprint density at radius 1 is 1.47 bits per heavy atom. The third kappa shape index (κ3) is 4.62. The average molecular weight is 233 g/mol. The molecule has 0 aromatic heterocycles. The molecule has 0 amide bonds. The fourth-order valence-electron chi connectivity index (χ4n) is 2.27. The van der Waals surface area contributed by atoms with Gasteiger partial charge in [0.25, 0.3) is 0 Å². The van der Waals surface area contributed by atoms with E-state index in [0.29, 0.717) is 18.4 Å². The first-order chi connectivity index (χ1) is 7.27. The molecule has 1 saturated carbocycles. The quantitative estimate of drug-likeness (QED) is 0.717. The van der Waals surface area contributed by atoms with Crippen LogP contribution in [0.2, 0.25) is 0 Å². The van der Waals surface area contributed by atoms with Gasteiger partial charge in [-0.25, -0.2) is 0 Å². The molecule has 0 aromatic carbocycles. The monoisotopic (exact) mass is 233 g/mol.